The first kappa shape index (κ1) is 12.7. The van der Waals surface area contributed by atoms with Crippen molar-refractivity contribution >= 4 is 10.9 Å². The van der Waals surface area contributed by atoms with Gasteiger partial charge in [0.15, 0.2) is 0 Å². The van der Waals surface area contributed by atoms with Crippen molar-refractivity contribution in [1.82, 2.24) is 10.3 Å². The van der Waals surface area contributed by atoms with E-state index in [9.17, 15) is 0 Å². The minimum atomic E-state index is 0.570. The topological polar surface area (TPSA) is 27.8 Å². The zero-order chi connectivity index (χ0) is 13.6. The van der Waals surface area contributed by atoms with Gasteiger partial charge in [0, 0.05) is 28.7 Å². The van der Waals surface area contributed by atoms with E-state index in [1.807, 2.05) is 0 Å². The number of benzene rings is 1. The van der Waals surface area contributed by atoms with Crippen LogP contribution in [-0.4, -0.2) is 17.1 Å². The molecule has 0 saturated carbocycles. The molecule has 2 aromatic rings. The molecule has 1 aromatic carbocycles. The molecule has 1 aromatic heterocycles. The Hall–Kier alpha value is -1.28. The van der Waals surface area contributed by atoms with Gasteiger partial charge in [-0.2, -0.15) is 0 Å². The first-order valence-electron chi connectivity index (χ1n) is 7.41. The summed E-state index contributed by atoms with van der Waals surface area (Å²) >= 11 is 0. The van der Waals surface area contributed by atoms with Crippen molar-refractivity contribution in [2.45, 2.75) is 59.0 Å². The lowest BCUT2D eigenvalue weighted by molar-refractivity contribution is 0.421. The lowest BCUT2D eigenvalue weighted by atomic mass is 9.90. The Morgan fingerprint density at radius 3 is 2.79 bits per heavy atom. The summed E-state index contributed by atoms with van der Waals surface area (Å²) in [4.78, 5) is 3.64. The zero-order valence-corrected chi connectivity index (χ0v) is 12.4. The number of nitrogens with one attached hydrogen (secondary N) is 2. The van der Waals surface area contributed by atoms with Gasteiger partial charge in [0.1, 0.15) is 0 Å². The van der Waals surface area contributed by atoms with Crippen LogP contribution in [0.5, 0.6) is 0 Å². The number of rotatable bonds is 2. The standard InChI is InChI=1S/C17H24N2/c1-10(2)18-13-5-6-15-14(9-13)17-12(4)7-11(3)8-16(17)19-15/h7-8,10,13,18-19H,5-6,9H2,1-4H3. The van der Waals surface area contributed by atoms with Crippen LogP contribution < -0.4 is 5.32 Å². The Balaban J connectivity index is 2.03. The molecule has 3 rings (SSSR count). The molecule has 2 N–H and O–H groups in total. The zero-order valence-electron chi connectivity index (χ0n) is 12.4. The van der Waals surface area contributed by atoms with Crippen LogP contribution in [0.1, 0.15) is 42.7 Å². The highest BCUT2D eigenvalue weighted by Crippen LogP contribution is 2.32. The van der Waals surface area contributed by atoms with Crippen LogP contribution in [-0.2, 0) is 12.8 Å². The van der Waals surface area contributed by atoms with Crippen LogP contribution in [0.3, 0.4) is 0 Å². The lowest BCUT2D eigenvalue weighted by Gasteiger charge is -2.25. The van der Waals surface area contributed by atoms with Gasteiger partial charge in [0.25, 0.3) is 0 Å². The number of hydrogen-bond acceptors (Lipinski definition) is 1. The summed E-state index contributed by atoms with van der Waals surface area (Å²) < 4.78 is 0. The average Bonchev–Trinajstić information content (AvgIpc) is 2.65. The van der Waals surface area contributed by atoms with E-state index in [1.165, 1.54) is 40.6 Å². The average molecular weight is 256 g/mol. The molecule has 0 saturated heterocycles. The van der Waals surface area contributed by atoms with Crippen molar-refractivity contribution in [2.75, 3.05) is 0 Å². The van der Waals surface area contributed by atoms with Crippen molar-refractivity contribution in [1.29, 1.82) is 0 Å². The monoisotopic (exact) mass is 256 g/mol. The Kier molecular flexibility index (Phi) is 3.14. The molecule has 0 bridgehead atoms. The van der Waals surface area contributed by atoms with Crippen LogP contribution in [0, 0.1) is 13.8 Å². The summed E-state index contributed by atoms with van der Waals surface area (Å²) in [6.45, 7) is 8.89. The van der Waals surface area contributed by atoms with E-state index in [2.05, 4.69) is 50.1 Å². The SMILES string of the molecule is Cc1cc(C)c2c3c([nH]c2c1)CCC(NC(C)C)C3. The molecular weight excluding hydrogens is 232 g/mol. The maximum absolute atomic E-state index is 3.69. The van der Waals surface area contributed by atoms with E-state index in [4.69, 9.17) is 0 Å². The molecule has 102 valence electrons. The van der Waals surface area contributed by atoms with Gasteiger partial charge >= 0.3 is 0 Å². The van der Waals surface area contributed by atoms with Crippen LogP contribution in [0.4, 0.5) is 0 Å². The van der Waals surface area contributed by atoms with E-state index >= 15 is 0 Å². The Morgan fingerprint density at radius 2 is 2.05 bits per heavy atom. The first-order chi connectivity index (χ1) is 9.04. The number of hydrogen-bond donors (Lipinski definition) is 2. The molecule has 2 nitrogen and oxygen atoms in total. The Bertz CT molecular complexity index is 607. The molecule has 1 aliphatic carbocycles. The Morgan fingerprint density at radius 1 is 1.26 bits per heavy atom. The summed E-state index contributed by atoms with van der Waals surface area (Å²) in [5, 5.41) is 5.16. The van der Waals surface area contributed by atoms with Crippen molar-refractivity contribution in [3.8, 4) is 0 Å². The molecule has 1 aliphatic rings. The molecule has 1 unspecified atom stereocenters. The van der Waals surface area contributed by atoms with Gasteiger partial charge in [-0.1, -0.05) is 19.9 Å². The molecule has 2 heteroatoms. The number of fused-ring (bicyclic) bond motifs is 3. The van der Waals surface area contributed by atoms with Crippen molar-refractivity contribution in [3.05, 3.63) is 34.5 Å². The van der Waals surface area contributed by atoms with Gasteiger partial charge < -0.3 is 10.3 Å². The molecule has 0 fully saturated rings. The summed E-state index contributed by atoms with van der Waals surface area (Å²) in [5.41, 5.74) is 7.10. The number of aryl methyl sites for hydroxylation is 3. The predicted molar refractivity (Wildman–Crippen MR) is 81.9 cm³/mol. The van der Waals surface area contributed by atoms with E-state index < -0.39 is 0 Å². The maximum atomic E-state index is 3.69. The number of H-pyrrole nitrogens is 1. The highest BCUT2D eigenvalue weighted by Gasteiger charge is 2.23. The third kappa shape index (κ3) is 2.30. The minimum absolute atomic E-state index is 0.570. The third-order valence-corrected chi connectivity index (χ3v) is 4.19. The summed E-state index contributed by atoms with van der Waals surface area (Å²) in [6, 6.07) is 5.79. The van der Waals surface area contributed by atoms with Crippen molar-refractivity contribution in [3.63, 3.8) is 0 Å². The fraction of sp³-hybridized carbons (Fsp3) is 0.529. The second kappa shape index (κ2) is 4.68. The highest BCUT2D eigenvalue weighted by atomic mass is 14.9. The van der Waals surface area contributed by atoms with Crippen molar-refractivity contribution < 1.29 is 0 Å². The van der Waals surface area contributed by atoms with Gasteiger partial charge in [-0.15, -0.1) is 0 Å². The number of aromatic amines is 1. The van der Waals surface area contributed by atoms with Crippen molar-refractivity contribution in [2.24, 2.45) is 0 Å². The molecular formula is C17H24N2. The second-order valence-corrected chi connectivity index (χ2v) is 6.35. The molecule has 1 heterocycles. The molecule has 0 radical (unpaired) electrons. The Labute approximate surface area is 115 Å². The van der Waals surface area contributed by atoms with E-state index in [0.717, 1.165) is 6.42 Å². The summed E-state index contributed by atoms with van der Waals surface area (Å²) in [5.74, 6) is 0. The van der Waals surface area contributed by atoms with Gasteiger partial charge in [-0.25, -0.2) is 0 Å². The third-order valence-electron chi connectivity index (χ3n) is 4.19. The second-order valence-electron chi connectivity index (χ2n) is 6.35. The molecule has 1 atom stereocenters. The lowest BCUT2D eigenvalue weighted by Crippen LogP contribution is -2.38. The van der Waals surface area contributed by atoms with Gasteiger partial charge in [-0.05, 0) is 55.9 Å². The maximum Gasteiger partial charge on any atom is 0.0464 e. The van der Waals surface area contributed by atoms with E-state index in [-0.39, 0.29) is 0 Å². The predicted octanol–water partition coefficient (Wildman–Crippen LogP) is 3.64. The summed E-state index contributed by atoms with van der Waals surface area (Å²) in [6.07, 6.45) is 3.58. The normalized spacial score (nSPS) is 19.1. The molecule has 0 amide bonds. The molecule has 0 spiro atoms. The summed E-state index contributed by atoms with van der Waals surface area (Å²) in [7, 11) is 0. The number of aromatic nitrogens is 1. The van der Waals surface area contributed by atoms with E-state index in [0.29, 0.717) is 12.1 Å². The largest absolute Gasteiger partial charge is 0.358 e. The van der Waals surface area contributed by atoms with Gasteiger partial charge in [-0.3, -0.25) is 0 Å². The van der Waals surface area contributed by atoms with Gasteiger partial charge in [0.05, 0.1) is 0 Å². The minimum Gasteiger partial charge on any atom is -0.358 e. The van der Waals surface area contributed by atoms with Crippen LogP contribution in [0.15, 0.2) is 12.1 Å². The van der Waals surface area contributed by atoms with Crippen LogP contribution in [0.2, 0.25) is 0 Å². The van der Waals surface area contributed by atoms with E-state index in [1.54, 1.807) is 5.56 Å². The van der Waals surface area contributed by atoms with Crippen LogP contribution >= 0.6 is 0 Å². The highest BCUT2D eigenvalue weighted by molar-refractivity contribution is 5.88. The fourth-order valence-electron chi connectivity index (χ4n) is 3.57. The molecule has 0 aliphatic heterocycles. The van der Waals surface area contributed by atoms with Crippen LogP contribution in [0.25, 0.3) is 10.9 Å². The molecule has 19 heavy (non-hydrogen) atoms. The first-order valence-corrected chi connectivity index (χ1v) is 7.41. The van der Waals surface area contributed by atoms with Gasteiger partial charge in [0.2, 0.25) is 0 Å². The smallest absolute Gasteiger partial charge is 0.0464 e. The fourth-order valence-corrected chi connectivity index (χ4v) is 3.57. The quantitative estimate of drug-likeness (QED) is 0.843.